The molecule has 2 bridgehead atoms. The highest BCUT2D eigenvalue weighted by Gasteiger charge is 2.38. The second-order valence-corrected chi connectivity index (χ2v) is 7.14. The van der Waals surface area contributed by atoms with E-state index in [1.54, 1.807) is 0 Å². The van der Waals surface area contributed by atoms with Gasteiger partial charge in [0.15, 0.2) is 0 Å². The number of benzene rings is 2. The van der Waals surface area contributed by atoms with Gasteiger partial charge in [0.1, 0.15) is 0 Å². The fraction of sp³-hybridized carbons (Fsp3) is 0.381. The number of nitrogens with one attached hydrogen (secondary N) is 1. The lowest BCUT2D eigenvalue weighted by Gasteiger charge is -2.36. The molecule has 1 amide bonds. The van der Waals surface area contributed by atoms with Gasteiger partial charge in [0.25, 0.3) is 5.91 Å². The van der Waals surface area contributed by atoms with Gasteiger partial charge >= 0.3 is 0 Å². The number of hydrogen-bond donors (Lipinski definition) is 1. The third-order valence-electron chi connectivity index (χ3n) is 5.69. The van der Waals surface area contributed by atoms with Gasteiger partial charge in [-0.2, -0.15) is 0 Å². The third kappa shape index (κ3) is 3.73. The highest BCUT2D eigenvalue weighted by molar-refractivity contribution is 5.94. The number of fused-ring (bicyclic) bond motifs is 2. The summed E-state index contributed by atoms with van der Waals surface area (Å²) in [6.45, 7) is 0. The maximum atomic E-state index is 12.6. The Bertz CT molecular complexity index is 702. The number of piperidine rings is 1. The van der Waals surface area contributed by atoms with Crippen LogP contribution in [0.3, 0.4) is 0 Å². The van der Waals surface area contributed by atoms with Crippen molar-refractivity contribution >= 4 is 18.3 Å². The number of halogens is 1. The van der Waals surface area contributed by atoms with Gasteiger partial charge in [-0.1, -0.05) is 42.5 Å². The maximum Gasteiger partial charge on any atom is 0.251 e. The number of amides is 1. The van der Waals surface area contributed by atoms with Crippen molar-refractivity contribution < 1.29 is 4.79 Å². The standard InChI is InChI=1S/C21H24N2O.ClH/c1-23-19-11-12-20(23)14-18(13-19)22-21(24)17-9-7-16(8-10-17)15-5-3-2-4-6-15;/h2-10,18-20H,11-14H2,1H3,(H,22,24);1H/t18?,19-,20?;/m1./s1. The van der Waals surface area contributed by atoms with E-state index < -0.39 is 0 Å². The van der Waals surface area contributed by atoms with Crippen LogP contribution in [0.25, 0.3) is 11.1 Å². The normalized spacial score (nSPS) is 25.2. The molecular formula is C21H25ClN2O. The zero-order valence-electron chi connectivity index (χ0n) is 14.5. The van der Waals surface area contributed by atoms with E-state index in [1.807, 2.05) is 42.5 Å². The van der Waals surface area contributed by atoms with Crippen LogP contribution in [0.1, 0.15) is 36.0 Å². The molecule has 4 rings (SSSR count). The monoisotopic (exact) mass is 356 g/mol. The molecular weight excluding hydrogens is 332 g/mol. The van der Waals surface area contributed by atoms with Crippen LogP contribution in [0.15, 0.2) is 54.6 Å². The van der Waals surface area contributed by atoms with Crippen LogP contribution in [0.4, 0.5) is 0 Å². The van der Waals surface area contributed by atoms with Crippen LogP contribution in [0.2, 0.25) is 0 Å². The van der Waals surface area contributed by atoms with E-state index in [9.17, 15) is 4.79 Å². The minimum absolute atomic E-state index is 0. The fourth-order valence-electron chi connectivity index (χ4n) is 4.24. The Morgan fingerprint density at radius 3 is 2.08 bits per heavy atom. The molecule has 132 valence electrons. The minimum atomic E-state index is 0. The van der Waals surface area contributed by atoms with Gasteiger partial charge in [0.2, 0.25) is 0 Å². The summed E-state index contributed by atoms with van der Waals surface area (Å²) in [5.41, 5.74) is 3.07. The van der Waals surface area contributed by atoms with E-state index in [-0.39, 0.29) is 18.3 Å². The molecule has 0 radical (unpaired) electrons. The lowest BCUT2D eigenvalue weighted by molar-refractivity contribution is 0.0882. The molecule has 3 atom stereocenters. The predicted molar refractivity (Wildman–Crippen MR) is 104 cm³/mol. The van der Waals surface area contributed by atoms with Gasteiger partial charge in [0, 0.05) is 23.7 Å². The number of rotatable bonds is 3. The summed E-state index contributed by atoms with van der Waals surface area (Å²) in [5, 5.41) is 3.25. The minimum Gasteiger partial charge on any atom is -0.349 e. The Morgan fingerprint density at radius 2 is 1.48 bits per heavy atom. The molecule has 2 aromatic rings. The summed E-state index contributed by atoms with van der Waals surface area (Å²) < 4.78 is 0. The molecule has 2 heterocycles. The Balaban J connectivity index is 0.00000182. The van der Waals surface area contributed by atoms with Crippen molar-refractivity contribution in [2.24, 2.45) is 0 Å². The zero-order valence-corrected chi connectivity index (χ0v) is 15.3. The van der Waals surface area contributed by atoms with Crippen LogP contribution in [-0.4, -0.2) is 36.0 Å². The van der Waals surface area contributed by atoms with E-state index in [2.05, 4.69) is 29.4 Å². The van der Waals surface area contributed by atoms with Gasteiger partial charge in [-0.3, -0.25) is 4.79 Å². The van der Waals surface area contributed by atoms with Crippen LogP contribution < -0.4 is 5.32 Å². The largest absolute Gasteiger partial charge is 0.349 e. The summed E-state index contributed by atoms with van der Waals surface area (Å²) in [5.74, 6) is 0.0589. The molecule has 2 saturated heterocycles. The van der Waals surface area contributed by atoms with Crippen LogP contribution >= 0.6 is 12.4 Å². The van der Waals surface area contributed by atoms with Crippen LogP contribution in [0.5, 0.6) is 0 Å². The molecule has 2 aliphatic heterocycles. The first-order valence-corrected chi connectivity index (χ1v) is 8.89. The van der Waals surface area contributed by atoms with Crippen molar-refractivity contribution in [2.45, 2.75) is 43.8 Å². The van der Waals surface area contributed by atoms with E-state index in [4.69, 9.17) is 0 Å². The Kier molecular flexibility index (Phi) is 5.45. The second-order valence-electron chi connectivity index (χ2n) is 7.14. The van der Waals surface area contributed by atoms with Crippen molar-refractivity contribution in [3.8, 4) is 11.1 Å². The predicted octanol–water partition coefficient (Wildman–Crippen LogP) is 4.13. The molecule has 0 aromatic heterocycles. The van der Waals surface area contributed by atoms with Crippen molar-refractivity contribution in [2.75, 3.05) is 7.05 Å². The average molecular weight is 357 g/mol. The summed E-state index contributed by atoms with van der Waals surface area (Å²) in [4.78, 5) is 15.0. The second kappa shape index (κ2) is 7.59. The summed E-state index contributed by atoms with van der Waals surface area (Å²) >= 11 is 0. The smallest absolute Gasteiger partial charge is 0.251 e. The fourth-order valence-corrected chi connectivity index (χ4v) is 4.24. The first kappa shape index (κ1) is 18.0. The summed E-state index contributed by atoms with van der Waals surface area (Å²) in [6, 6.07) is 19.8. The summed E-state index contributed by atoms with van der Waals surface area (Å²) in [7, 11) is 2.22. The third-order valence-corrected chi connectivity index (χ3v) is 5.69. The van der Waals surface area contributed by atoms with Crippen molar-refractivity contribution in [1.29, 1.82) is 0 Å². The van der Waals surface area contributed by atoms with E-state index >= 15 is 0 Å². The molecule has 4 heteroatoms. The SMILES string of the molecule is CN1C2CC[C@@H]1CC(NC(=O)c1ccc(-c3ccccc3)cc1)C2.Cl. The van der Waals surface area contributed by atoms with Crippen molar-refractivity contribution in [1.82, 2.24) is 10.2 Å². The van der Waals surface area contributed by atoms with Gasteiger partial charge in [0.05, 0.1) is 0 Å². The Morgan fingerprint density at radius 1 is 0.920 bits per heavy atom. The molecule has 2 unspecified atom stereocenters. The molecule has 2 aliphatic rings. The average Bonchev–Trinajstić information content (AvgIpc) is 2.84. The lowest BCUT2D eigenvalue weighted by atomic mass is 9.97. The molecule has 25 heavy (non-hydrogen) atoms. The molecule has 0 aliphatic carbocycles. The van der Waals surface area contributed by atoms with Gasteiger partial charge in [-0.05, 0) is 56.0 Å². The first-order valence-electron chi connectivity index (χ1n) is 8.89. The number of nitrogens with zero attached hydrogens (tertiary/aromatic N) is 1. The number of carbonyl (C=O) groups excluding carboxylic acids is 1. The van der Waals surface area contributed by atoms with E-state index in [0.717, 1.165) is 24.0 Å². The number of hydrogen-bond acceptors (Lipinski definition) is 2. The van der Waals surface area contributed by atoms with Gasteiger partial charge in [-0.15, -0.1) is 12.4 Å². The van der Waals surface area contributed by atoms with Crippen molar-refractivity contribution in [3.63, 3.8) is 0 Å². The van der Waals surface area contributed by atoms with Gasteiger partial charge in [-0.25, -0.2) is 0 Å². The van der Waals surface area contributed by atoms with Gasteiger partial charge < -0.3 is 10.2 Å². The van der Waals surface area contributed by atoms with Crippen LogP contribution in [0, 0.1) is 0 Å². The highest BCUT2D eigenvalue weighted by Crippen LogP contribution is 2.34. The molecule has 2 fully saturated rings. The molecule has 2 aromatic carbocycles. The van der Waals surface area contributed by atoms with E-state index in [1.165, 1.54) is 18.4 Å². The molecule has 1 N–H and O–H groups in total. The van der Waals surface area contributed by atoms with Crippen LogP contribution in [-0.2, 0) is 0 Å². The highest BCUT2D eigenvalue weighted by atomic mass is 35.5. The Hall–Kier alpha value is -1.84. The first-order chi connectivity index (χ1) is 11.7. The quantitative estimate of drug-likeness (QED) is 0.896. The van der Waals surface area contributed by atoms with E-state index in [0.29, 0.717) is 18.1 Å². The maximum absolute atomic E-state index is 12.6. The molecule has 0 saturated carbocycles. The topological polar surface area (TPSA) is 32.3 Å². The molecule has 0 spiro atoms. The lowest BCUT2D eigenvalue weighted by Crippen LogP contribution is -2.48. The van der Waals surface area contributed by atoms with Crippen molar-refractivity contribution in [3.05, 3.63) is 60.2 Å². The Labute approximate surface area is 155 Å². The zero-order chi connectivity index (χ0) is 16.5. The molecule has 3 nitrogen and oxygen atoms in total. The number of carbonyl (C=O) groups is 1. The summed E-state index contributed by atoms with van der Waals surface area (Å²) in [6.07, 6.45) is 4.72.